The number of allylic oxidation sites excluding steroid dienone is 8. The molecule has 0 saturated carbocycles. The summed E-state index contributed by atoms with van der Waals surface area (Å²) in [4.78, 5) is 2.14. The minimum Gasteiger partial charge on any atom is -0.311 e. The maximum Gasteiger partial charge on any atom is 0.0496 e. The van der Waals surface area contributed by atoms with Crippen LogP contribution >= 0.6 is 0 Å². The van der Waals surface area contributed by atoms with Crippen molar-refractivity contribution in [1.29, 1.82) is 0 Å². The van der Waals surface area contributed by atoms with Crippen molar-refractivity contribution < 1.29 is 0 Å². The molecule has 0 N–H and O–H groups in total. The van der Waals surface area contributed by atoms with E-state index in [0.717, 1.165) is 23.5 Å². The van der Waals surface area contributed by atoms with Gasteiger partial charge in [0.1, 0.15) is 0 Å². The highest BCUT2D eigenvalue weighted by Crippen LogP contribution is 2.30. The summed E-state index contributed by atoms with van der Waals surface area (Å²) in [6.07, 6.45) is 17.1. The third-order valence-corrected chi connectivity index (χ3v) is 3.32. The predicted octanol–water partition coefficient (Wildman–Crippen LogP) is 5.32. The van der Waals surface area contributed by atoms with E-state index < -0.39 is 0 Å². The SMILES string of the molecule is C=C/C(=C\C=C/C)N1C(=C)/C=C\C=C/Cc2ccccc21. The zero-order valence-corrected chi connectivity index (χ0v) is 12.5. The molecule has 0 aliphatic carbocycles. The van der Waals surface area contributed by atoms with Gasteiger partial charge in [-0.15, -0.1) is 0 Å². The fourth-order valence-corrected chi connectivity index (χ4v) is 2.30. The monoisotopic (exact) mass is 275 g/mol. The fraction of sp³-hybridized carbons (Fsp3) is 0.100. The number of anilines is 1. The highest BCUT2D eigenvalue weighted by atomic mass is 15.1. The predicted molar refractivity (Wildman–Crippen MR) is 93.1 cm³/mol. The van der Waals surface area contributed by atoms with E-state index in [2.05, 4.69) is 54.5 Å². The van der Waals surface area contributed by atoms with Crippen molar-refractivity contribution in [3.63, 3.8) is 0 Å². The molecule has 106 valence electrons. The molecular weight excluding hydrogens is 254 g/mol. The van der Waals surface area contributed by atoms with E-state index in [1.54, 1.807) is 0 Å². The van der Waals surface area contributed by atoms with Gasteiger partial charge in [0, 0.05) is 17.1 Å². The van der Waals surface area contributed by atoms with Crippen LogP contribution in [0.3, 0.4) is 0 Å². The summed E-state index contributed by atoms with van der Waals surface area (Å²) in [7, 11) is 0. The molecule has 0 spiro atoms. The van der Waals surface area contributed by atoms with Crippen molar-refractivity contribution in [3.05, 3.63) is 103 Å². The Bertz CT molecular complexity index is 642. The van der Waals surface area contributed by atoms with Crippen molar-refractivity contribution in [2.45, 2.75) is 13.3 Å². The van der Waals surface area contributed by atoms with Gasteiger partial charge in [-0.1, -0.05) is 61.7 Å². The van der Waals surface area contributed by atoms with E-state index in [1.807, 2.05) is 43.4 Å². The summed E-state index contributed by atoms with van der Waals surface area (Å²) in [6, 6.07) is 8.41. The van der Waals surface area contributed by atoms with Gasteiger partial charge < -0.3 is 4.90 Å². The van der Waals surface area contributed by atoms with Gasteiger partial charge in [-0.3, -0.25) is 0 Å². The van der Waals surface area contributed by atoms with Gasteiger partial charge >= 0.3 is 0 Å². The zero-order chi connectivity index (χ0) is 15.1. The summed E-state index contributed by atoms with van der Waals surface area (Å²) in [6.45, 7) is 10.2. The second-order valence-electron chi connectivity index (χ2n) is 4.77. The molecule has 0 fully saturated rings. The Kier molecular flexibility index (Phi) is 5.16. The normalized spacial score (nSPS) is 18.6. The topological polar surface area (TPSA) is 3.24 Å². The van der Waals surface area contributed by atoms with Crippen LogP contribution < -0.4 is 4.90 Å². The molecule has 1 aromatic rings. The Hall–Kier alpha value is -2.54. The Morgan fingerprint density at radius 1 is 1.24 bits per heavy atom. The first-order valence-electron chi connectivity index (χ1n) is 7.13. The van der Waals surface area contributed by atoms with E-state index >= 15 is 0 Å². The van der Waals surface area contributed by atoms with Crippen molar-refractivity contribution in [2.75, 3.05) is 4.90 Å². The summed E-state index contributed by atoms with van der Waals surface area (Å²) in [5, 5.41) is 0. The largest absolute Gasteiger partial charge is 0.311 e. The summed E-state index contributed by atoms with van der Waals surface area (Å²) in [5.74, 6) is 0. The van der Waals surface area contributed by atoms with Gasteiger partial charge in [-0.2, -0.15) is 0 Å². The Morgan fingerprint density at radius 2 is 2.05 bits per heavy atom. The second-order valence-corrected chi connectivity index (χ2v) is 4.77. The minimum absolute atomic E-state index is 0.901. The van der Waals surface area contributed by atoms with E-state index in [-0.39, 0.29) is 0 Å². The molecule has 1 aliphatic heterocycles. The number of hydrogen-bond acceptors (Lipinski definition) is 1. The molecule has 0 saturated heterocycles. The van der Waals surface area contributed by atoms with Crippen LogP contribution in [0.4, 0.5) is 5.69 Å². The molecule has 0 amide bonds. The fourth-order valence-electron chi connectivity index (χ4n) is 2.30. The number of benzene rings is 1. The smallest absolute Gasteiger partial charge is 0.0496 e. The highest BCUT2D eigenvalue weighted by Gasteiger charge is 2.15. The quantitative estimate of drug-likeness (QED) is 0.675. The summed E-state index contributed by atoms with van der Waals surface area (Å²) < 4.78 is 0. The van der Waals surface area contributed by atoms with Crippen molar-refractivity contribution in [2.24, 2.45) is 0 Å². The first-order valence-corrected chi connectivity index (χ1v) is 7.13. The van der Waals surface area contributed by atoms with E-state index in [4.69, 9.17) is 0 Å². The third kappa shape index (κ3) is 3.51. The molecule has 0 aromatic heterocycles. The van der Waals surface area contributed by atoms with E-state index in [0.29, 0.717) is 0 Å². The molecule has 0 bridgehead atoms. The highest BCUT2D eigenvalue weighted by molar-refractivity contribution is 5.66. The van der Waals surface area contributed by atoms with Crippen molar-refractivity contribution >= 4 is 5.69 Å². The molecule has 1 nitrogen and oxygen atoms in total. The standard InChI is InChI=1S/C20H21N/c1-4-6-15-19(5-2)21-17(3)12-8-7-9-13-18-14-10-11-16-20(18)21/h4-12,14-16H,2-3,13H2,1H3/b6-4-,9-7-,12-8-,19-15+. The molecule has 1 aromatic carbocycles. The molecule has 2 rings (SSSR count). The summed E-state index contributed by atoms with van der Waals surface area (Å²) in [5.41, 5.74) is 4.35. The molecule has 0 unspecified atom stereocenters. The third-order valence-electron chi connectivity index (χ3n) is 3.32. The lowest BCUT2D eigenvalue weighted by Crippen LogP contribution is -2.20. The number of hydrogen-bond donors (Lipinski definition) is 0. The molecule has 1 heterocycles. The van der Waals surface area contributed by atoms with Crippen molar-refractivity contribution in [1.82, 2.24) is 0 Å². The molecule has 0 radical (unpaired) electrons. The molecule has 1 aliphatic rings. The lowest BCUT2D eigenvalue weighted by molar-refractivity contribution is 1.12. The van der Waals surface area contributed by atoms with Crippen LogP contribution in [0.1, 0.15) is 12.5 Å². The lowest BCUT2D eigenvalue weighted by Gasteiger charge is -2.28. The number of para-hydroxylation sites is 1. The van der Waals surface area contributed by atoms with Crippen LogP contribution in [-0.2, 0) is 6.42 Å². The number of rotatable bonds is 3. The molecule has 21 heavy (non-hydrogen) atoms. The van der Waals surface area contributed by atoms with Gasteiger partial charge in [0.2, 0.25) is 0 Å². The number of fused-ring (bicyclic) bond motifs is 1. The Morgan fingerprint density at radius 3 is 2.81 bits per heavy atom. The van der Waals surface area contributed by atoms with Gasteiger partial charge in [0.25, 0.3) is 0 Å². The molecule has 1 heteroatoms. The van der Waals surface area contributed by atoms with Crippen LogP contribution in [-0.4, -0.2) is 0 Å². The average molecular weight is 275 g/mol. The zero-order valence-electron chi connectivity index (χ0n) is 12.5. The second kappa shape index (κ2) is 7.30. The molecule has 0 atom stereocenters. The van der Waals surface area contributed by atoms with Crippen LogP contribution in [0.2, 0.25) is 0 Å². The van der Waals surface area contributed by atoms with Gasteiger partial charge in [0.15, 0.2) is 0 Å². The minimum atomic E-state index is 0.901. The van der Waals surface area contributed by atoms with Crippen LogP contribution in [0, 0.1) is 0 Å². The number of nitrogens with zero attached hydrogens (tertiary/aromatic N) is 1. The maximum atomic E-state index is 4.21. The first kappa shape index (κ1) is 14.9. The lowest BCUT2D eigenvalue weighted by atomic mass is 10.1. The van der Waals surface area contributed by atoms with Gasteiger partial charge in [-0.05, 0) is 43.2 Å². The molecular formula is C20H21N. The van der Waals surface area contributed by atoms with Gasteiger partial charge in [-0.25, -0.2) is 0 Å². The van der Waals surface area contributed by atoms with Crippen LogP contribution in [0.5, 0.6) is 0 Å². The van der Waals surface area contributed by atoms with Gasteiger partial charge in [0.05, 0.1) is 0 Å². The summed E-state index contributed by atoms with van der Waals surface area (Å²) >= 11 is 0. The van der Waals surface area contributed by atoms with Crippen LogP contribution in [0.15, 0.2) is 97.4 Å². The maximum absolute atomic E-state index is 4.21. The first-order chi connectivity index (χ1) is 10.3. The Balaban J connectivity index is 2.60. The van der Waals surface area contributed by atoms with Crippen LogP contribution in [0.25, 0.3) is 0 Å². The Labute approximate surface area is 127 Å². The van der Waals surface area contributed by atoms with Crippen molar-refractivity contribution in [3.8, 4) is 0 Å². The van der Waals surface area contributed by atoms with E-state index in [1.165, 1.54) is 5.56 Å². The van der Waals surface area contributed by atoms with E-state index in [9.17, 15) is 0 Å². The average Bonchev–Trinajstić information content (AvgIpc) is 2.58.